The van der Waals surface area contributed by atoms with Gasteiger partial charge >= 0.3 is 0 Å². The van der Waals surface area contributed by atoms with Gasteiger partial charge in [0.1, 0.15) is 5.69 Å². The molecule has 0 aliphatic carbocycles. The van der Waals surface area contributed by atoms with E-state index < -0.39 is 15.9 Å². The minimum Gasteiger partial charge on any atom is -0.350 e. The van der Waals surface area contributed by atoms with E-state index in [1.807, 2.05) is 50.2 Å². The quantitative estimate of drug-likeness (QED) is 0.514. The Morgan fingerprint density at radius 2 is 1.80 bits per heavy atom. The van der Waals surface area contributed by atoms with Gasteiger partial charge in [-0.15, -0.1) is 0 Å². The van der Waals surface area contributed by atoms with Crippen molar-refractivity contribution in [1.29, 1.82) is 0 Å². The molecule has 7 nitrogen and oxygen atoms in total. The van der Waals surface area contributed by atoms with Crippen molar-refractivity contribution in [3.8, 4) is 0 Å². The van der Waals surface area contributed by atoms with Gasteiger partial charge in [-0.3, -0.25) is 9.78 Å². The minimum absolute atomic E-state index is 0.102. The van der Waals surface area contributed by atoms with Crippen LogP contribution >= 0.6 is 0 Å². The Morgan fingerprint density at radius 1 is 1.10 bits per heavy atom. The molecular weight excluding hydrogens is 400 g/mol. The predicted octanol–water partition coefficient (Wildman–Crippen LogP) is 3.35. The van der Waals surface area contributed by atoms with Crippen LogP contribution in [0.5, 0.6) is 0 Å². The Hall–Kier alpha value is -3.13. The lowest BCUT2D eigenvalue weighted by molar-refractivity contribution is 0.0948. The maximum absolute atomic E-state index is 13.0. The molecule has 0 atom stereocenters. The molecule has 0 saturated carbocycles. The second-order valence-corrected chi connectivity index (χ2v) is 9.46. The van der Waals surface area contributed by atoms with E-state index in [1.54, 1.807) is 18.5 Å². The van der Waals surface area contributed by atoms with Crippen LogP contribution in [-0.4, -0.2) is 40.6 Å². The Bertz CT molecular complexity index is 1340. The van der Waals surface area contributed by atoms with Crippen molar-refractivity contribution >= 4 is 37.9 Å². The normalized spacial score (nSPS) is 12.1. The number of carbonyl (C=O) groups is 1. The molecule has 0 unspecified atom stereocenters. The summed E-state index contributed by atoms with van der Waals surface area (Å²) in [6.07, 6.45) is 5.17. The number of aromatic nitrogens is 3. The maximum atomic E-state index is 13.0. The monoisotopic (exact) mass is 424 g/mol. The number of benzene rings is 1. The van der Waals surface area contributed by atoms with Crippen molar-refractivity contribution < 1.29 is 13.2 Å². The molecule has 0 aliphatic rings. The fourth-order valence-electron chi connectivity index (χ4n) is 3.94. The highest BCUT2D eigenvalue weighted by Gasteiger charge is 2.26. The van der Waals surface area contributed by atoms with E-state index in [-0.39, 0.29) is 11.7 Å². The van der Waals surface area contributed by atoms with E-state index in [1.165, 1.54) is 3.97 Å². The Balaban J connectivity index is 1.80. The van der Waals surface area contributed by atoms with Crippen LogP contribution in [0.25, 0.3) is 21.9 Å². The maximum Gasteiger partial charge on any atom is 0.269 e. The van der Waals surface area contributed by atoms with Crippen LogP contribution in [-0.2, 0) is 16.4 Å². The third-order valence-corrected chi connectivity index (χ3v) is 6.19. The van der Waals surface area contributed by atoms with Gasteiger partial charge in [0.2, 0.25) is 10.0 Å². The number of rotatable bonds is 6. The summed E-state index contributed by atoms with van der Waals surface area (Å²) in [5.74, 6) is -0.412. The zero-order valence-corrected chi connectivity index (χ0v) is 18.0. The van der Waals surface area contributed by atoms with Crippen LogP contribution in [0.2, 0.25) is 0 Å². The number of hydrogen-bond acceptors (Lipinski definition) is 4. The summed E-state index contributed by atoms with van der Waals surface area (Å²) in [5.41, 5.74) is 3.39. The van der Waals surface area contributed by atoms with Gasteiger partial charge in [0.05, 0.1) is 22.8 Å². The lowest BCUT2D eigenvalue weighted by Crippen LogP contribution is -2.29. The molecule has 156 valence electrons. The van der Waals surface area contributed by atoms with Gasteiger partial charge in [0.15, 0.2) is 0 Å². The van der Waals surface area contributed by atoms with Gasteiger partial charge in [-0.05, 0) is 50.1 Å². The van der Waals surface area contributed by atoms with Crippen LogP contribution in [0, 0.1) is 0 Å². The van der Waals surface area contributed by atoms with Crippen LogP contribution in [0.3, 0.4) is 0 Å². The van der Waals surface area contributed by atoms with Crippen LogP contribution in [0.4, 0.5) is 0 Å². The molecule has 1 amide bonds. The average molecular weight is 425 g/mol. The number of nitrogens with one attached hydrogen (secondary N) is 1. The van der Waals surface area contributed by atoms with Gasteiger partial charge in [0, 0.05) is 30.4 Å². The lowest BCUT2D eigenvalue weighted by Gasteiger charge is -2.11. The highest BCUT2D eigenvalue weighted by Crippen LogP contribution is 2.35. The fraction of sp³-hybridized carbons (Fsp3) is 0.273. The largest absolute Gasteiger partial charge is 0.350 e. The van der Waals surface area contributed by atoms with E-state index in [9.17, 15) is 13.2 Å². The van der Waals surface area contributed by atoms with Crippen LogP contribution in [0.1, 0.15) is 35.9 Å². The Labute approximate surface area is 175 Å². The highest BCUT2D eigenvalue weighted by molar-refractivity contribution is 7.89. The zero-order chi connectivity index (χ0) is 21.5. The van der Waals surface area contributed by atoms with E-state index in [0.717, 1.165) is 28.2 Å². The summed E-state index contributed by atoms with van der Waals surface area (Å²) in [6, 6.07) is 13.2. The summed E-state index contributed by atoms with van der Waals surface area (Å²) in [6.45, 7) is 4.48. The van der Waals surface area contributed by atoms with Gasteiger partial charge in [-0.25, -0.2) is 12.4 Å². The summed E-state index contributed by atoms with van der Waals surface area (Å²) < 4.78 is 28.7. The standard InChI is InChI=1S/C22H24N4O3S/c1-15(2)25-18-7-5-4-6-17(18)21-19(25)14-20(26(21)30(3,28)29)22(27)24-13-10-16-8-11-23-12-9-16/h4-9,11-12,14-15H,10,13H2,1-3H3,(H,24,27). The van der Waals surface area contributed by atoms with Crippen LogP contribution in [0.15, 0.2) is 54.9 Å². The summed E-state index contributed by atoms with van der Waals surface area (Å²) in [4.78, 5) is 16.9. The molecule has 0 spiro atoms. The molecule has 1 N–H and O–H groups in total. The fourth-order valence-corrected chi connectivity index (χ4v) is 4.96. The van der Waals surface area contributed by atoms with Crippen molar-refractivity contribution in [2.45, 2.75) is 26.3 Å². The zero-order valence-electron chi connectivity index (χ0n) is 17.2. The summed E-state index contributed by atoms with van der Waals surface area (Å²) in [7, 11) is -3.71. The van der Waals surface area contributed by atoms with Crippen LogP contribution < -0.4 is 5.32 Å². The first-order valence-corrected chi connectivity index (χ1v) is 11.7. The Kier molecular flexibility index (Phi) is 5.11. The molecule has 0 aliphatic heterocycles. The summed E-state index contributed by atoms with van der Waals surface area (Å²) >= 11 is 0. The third kappa shape index (κ3) is 3.47. The van der Waals surface area contributed by atoms with E-state index in [4.69, 9.17) is 0 Å². The van der Waals surface area contributed by atoms with Crippen molar-refractivity contribution in [3.63, 3.8) is 0 Å². The first-order chi connectivity index (χ1) is 14.3. The lowest BCUT2D eigenvalue weighted by atomic mass is 10.2. The first kappa shape index (κ1) is 20.2. The third-order valence-electron chi connectivity index (χ3n) is 5.15. The number of hydrogen-bond donors (Lipinski definition) is 1. The molecule has 4 aromatic rings. The number of nitrogens with zero attached hydrogens (tertiary/aromatic N) is 3. The van der Waals surface area contributed by atoms with E-state index >= 15 is 0 Å². The second-order valence-electron chi connectivity index (χ2n) is 7.63. The molecule has 3 heterocycles. The number of amides is 1. The van der Waals surface area contributed by atoms with Crippen molar-refractivity contribution in [2.24, 2.45) is 0 Å². The molecule has 1 aromatic carbocycles. The molecule has 0 radical (unpaired) electrons. The smallest absolute Gasteiger partial charge is 0.269 e. The molecule has 0 bridgehead atoms. The van der Waals surface area contributed by atoms with E-state index in [0.29, 0.717) is 18.5 Å². The first-order valence-electron chi connectivity index (χ1n) is 9.81. The molecular formula is C22H24N4O3S. The van der Waals surface area contributed by atoms with Gasteiger partial charge in [-0.2, -0.15) is 0 Å². The van der Waals surface area contributed by atoms with Crippen molar-refractivity contribution in [3.05, 3.63) is 66.1 Å². The van der Waals surface area contributed by atoms with Crippen molar-refractivity contribution in [2.75, 3.05) is 12.8 Å². The van der Waals surface area contributed by atoms with Gasteiger partial charge in [0.25, 0.3) is 5.91 Å². The molecule has 8 heteroatoms. The van der Waals surface area contributed by atoms with Gasteiger partial charge in [-0.1, -0.05) is 18.2 Å². The molecule has 30 heavy (non-hydrogen) atoms. The second kappa shape index (κ2) is 7.60. The SMILES string of the molecule is CC(C)n1c2ccccc2c2c1cc(C(=O)NCCc1ccncc1)n2S(C)(=O)=O. The summed E-state index contributed by atoms with van der Waals surface area (Å²) in [5, 5.41) is 3.66. The predicted molar refractivity (Wildman–Crippen MR) is 118 cm³/mol. The highest BCUT2D eigenvalue weighted by atomic mass is 32.2. The number of carbonyl (C=O) groups excluding carboxylic acids is 1. The molecule has 3 aromatic heterocycles. The number of para-hydroxylation sites is 1. The Morgan fingerprint density at radius 3 is 2.47 bits per heavy atom. The molecule has 0 fully saturated rings. The number of pyridine rings is 1. The topological polar surface area (TPSA) is 86.0 Å². The minimum atomic E-state index is -3.71. The molecule has 0 saturated heterocycles. The van der Waals surface area contributed by atoms with Crippen molar-refractivity contribution in [1.82, 2.24) is 18.8 Å². The van der Waals surface area contributed by atoms with E-state index in [2.05, 4.69) is 14.9 Å². The van der Waals surface area contributed by atoms with Gasteiger partial charge < -0.3 is 9.88 Å². The molecule has 4 rings (SSSR count). The average Bonchev–Trinajstić information content (AvgIpc) is 3.23. The number of fused-ring (bicyclic) bond motifs is 3.